The van der Waals surface area contributed by atoms with E-state index < -0.39 is 0 Å². The first-order valence-electron chi connectivity index (χ1n) is 15.1. The molecule has 1 saturated heterocycles. The third-order valence-electron chi connectivity index (χ3n) is 7.40. The zero-order valence-corrected chi connectivity index (χ0v) is 26.6. The number of ether oxygens (including phenoxy) is 1. The van der Waals surface area contributed by atoms with E-state index >= 15 is 0 Å². The van der Waals surface area contributed by atoms with Crippen molar-refractivity contribution < 1.29 is 9.53 Å². The first-order chi connectivity index (χ1) is 21.1. The largest absolute Gasteiger partial charge is 0.457 e. The number of likely N-dealkylation sites (N-methyl/N-ethyl adjacent to an activating group) is 1. The standard InChI is InChI=1S/C34H46N8O2/c1-7-30(24(2)3)32-38-34(42-19-16-26(35)17-20-42)39-33(41(32)6)36-23-25-11-8-13-28(21-25)44-29-14-9-12-27(22-29)37-31(43)15-10-18-40(4)5/h7-15,21-22,24,26H,1,16-20,23,35H2,2-6H3,(H,37,43)(H,36,38,39)/b15-10+,32-30+. The third kappa shape index (κ3) is 9.05. The lowest BCUT2D eigenvalue weighted by Crippen LogP contribution is -2.53. The van der Waals surface area contributed by atoms with E-state index in [4.69, 9.17) is 20.5 Å². The zero-order chi connectivity index (χ0) is 31.6. The lowest BCUT2D eigenvalue weighted by atomic mass is 10.0. The Bertz CT molecular complexity index is 1430. The number of carbonyl (C=O) groups excluding carboxylic acids is 1. The number of nitrogens with two attached hydrogens (primary N) is 1. The number of anilines is 1. The highest BCUT2D eigenvalue weighted by molar-refractivity contribution is 6.00. The van der Waals surface area contributed by atoms with Crippen molar-refractivity contribution in [1.29, 1.82) is 0 Å². The Balaban J connectivity index is 1.50. The van der Waals surface area contributed by atoms with Gasteiger partial charge < -0.3 is 30.9 Å². The molecule has 0 aliphatic carbocycles. The molecule has 0 aromatic heterocycles. The quantitative estimate of drug-likeness (QED) is 0.338. The predicted molar refractivity (Wildman–Crippen MR) is 180 cm³/mol. The number of guanidine groups is 2. The molecule has 0 spiro atoms. The molecule has 2 aromatic rings. The molecule has 234 valence electrons. The number of likely N-dealkylation sites (tertiary alicyclic amines) is 1. The van der Waals surface area contributed by atoms with Crippen LogP contribution < -0.4 is 21.1 Å². The Kier molecular flexibility index (Phi) is 11.3. The number of nitrogens with one attached hydrogen (secondary N) is 2. The molecule has 10 heteroatoms. The van der Waals surface area contributed by atoms with Gasteiger partial charge in [-0.2, -0.15) is 4.99 Å². The zero-order valence-electron chi connectivity index (χ0n) is 26.6. The molecule has 0 atom stereocenters. The second-order valence-corrected chi connectivity index (χ2v) is 11.7. The number of nitrogens with zero attached hydrogens (tertiary/aromatic N) is 5. The van der Waals surface area contributed by atoms with Gasteiger partial charge in [0.15, 0.2) is 0 Å². The molecule has 1 amide bonds. The van der Waals surface area contributed by atoms with Crippen LogP contribution in [0, 0.1) is 5.92 Å². The maximum atomic E-state index is 12.3. The van der Waals surface area contributed by atoms with Crippen LogP contribution in [-0.2, 0) is 11.3 Å². The van der Waals surface area contributed by atoms with Crippen molar-refractivity contribution in [2.45, 2.75) is 39.3 Å². The highest BCUT2D eigenvalue weighted by atomic mass is 16.5. The highest BCUT2D eigenvalue weighted by Gasteiger charge is 2.28. The van der Waals surface area contributed by atoms with Crippen LogP contribution >= 0.6 is 0 Å². The molecule has 2 aromatic carbocycles. The maximum Gasteiger partial charge on any atom is 0.248 e. The lowest BCUT2D eigenvalue weighted by molar-refractivity contribution is -0.111. The van der Waals surface area contributed by atoms with Crippen molar-refractivity contribution in [2.24, 2.45) is 21.6 Å². The van der Waals surface area contributed by atoms with Crippen LogP contribution in [0.15, 0.2) is 94.7 Å². The summed E-state index contributed by atoms with van der Waals surface area (Å²) in [5.74, 6) is 3.74. The minimum atomic E-state index is -0.186. The Labute approximate surface area is 261 Å². The topological polar surface area (TPSA) is 111 Å². The van der Waals surface area contributed by atoms with Gasteiger partial charge in [0.05, 0.1) is 6.54 Å². The molecule has 0 bridgehead atoms. The average Bonchev–Trinajstić information content (AvgIpc) is 2.98. The molecule has 4 rings (SSSR count). The average molecular weight is 599 g/mol. The SMILES string of the molecule is C=C/C(=C1/NC(N2CCC(N)CC2)=NC(=NCc2cccc(Oc3cccc(NC(=O)/C=C/CN(C)C)c3)c2)N1C)C(C)C. The molecule has 2 heterocycles. The van der Waals surface area contributed by atoms with Crippen LogP contribution in [0.3, 0.4) is 0 Å². The van der Waals surface area contributed by atoms with Crippen molar-refractivity contribution in [3.8, 4) is 11.5 Å². The van der Waals surface area contributed by atoms with Gasteiger partial charge in [-0.15, -0.1) is 0 Å². The van der Waals surface area contributed by atoms with Gasteiger partial charge in [-0.25, -0.2) is 4.99 Å². The second-order valence-electron chi connectivity index (χ2n) is 11.7. The lowest BCUT2D eigenvalue weighted by Gasteiger charge is -2.38. The van der Waals surface area contributed by atoms with Crippen LogP contribution in [0.1, 0.15) is 32.3 Å². The van der Waals surface area contributed by atoms with Crippen molar-refractivity contribution in [1.82, 2.24) is 20.0 Å². The van der Waals surface area contributed by atoms with Gasteiger partial charge in [0.2, 0.25) is 17.8 Å². The molecule has 0 radical (unpaired) electrons. The molecule has 1 fully saturated rings. The number of piperidine rings is 1. The van der Waals surface area contributed by atoms with Gasteiger partial charge >= 0.3 is 0 Å². The number of amides is 1. The predicted octanol–water partition coefficient (Wildman–Crippen LogP) is 4.76. The van der Waals surface area contributed by atoms with E-state index in [0.29, 0.717) is 36.2 Å². The molecule has 10 nitrogen and oxygen atoms in total. The van der Waals surface area contributed by atoms with E-state index in [-0.39, 0.29) is 17.9 Å². The van der Waals surface area contributed by atoms with Gasteiger partial charge in [-0.05, 0) is 68.3 Å². The van der Waals surface area contributed by atoms with E-state index in [2.05, 4.69) is 36.0 Å². The van der Waals surface area contributed by atoms with E-state index in [1.54, 1.807) is 6.07 Å². The fourth-order valence-electron chi connectivity index (χ4n) is 4.96. The number of hydrogen-bond acceptors (Lipinski definition) is 7. The van der Waals surface area contributed by atoms with Crippen molar-refractivity contribution in [3.63, 3.8) is 0 Å². The van der Waals surface area contributed by atoms with Gasteiger partial charge in [0.1, 0.15) is 17.3 Å². The third-order valence-corrected chi connectivity index (χ3v) is 7.40. The fraction of sp³-hybridized carbons (Fsp3) is 0.382. The van der Waals surface area contributed by atoms with E-state index in [0.717, 1.165) is 48.8 Å². The molecule has 2 aliphatic heterocycles. The molecular weight excluding hydrogens is 552 g/mol. The Morgan fingerprint density at radius 3 is 2.59 bits per heavy atom. The molecule has 0 saturated carbocycles. The minimum absolute atomic E-state index is 0.186. The maximum absolute atomic E-state index is 12.3. The first kappa shape index (κ1) is 32.5. The van der Waals surface area contributed by atoms with Crippen LogP contribution in [0.4, 0.5) is 5.69 Å². The summed E-state index contributed by atoms with van der Waals surface area (Å²) < 4.78 is 6.15. The van der Waals surface area contributed by atoms with E-state index in [9.17, 15) is 4.79 Å². The Hall–Kier alpha value is -4.41. The molecule has 4 N–H and O–H groups in total. The smallest absolute Gasteiger partial charge is 0.248 e. The van der Waals surface area contributed by atoms with Crippen LogP contribution in [0.2, 0.25) is 0 Å². The van der Waals surface area contributed by atoms with Crippen molar-refractivity contribution in [3.05, 3.63) is 90.3 Å². The Morgan fingerprint density at radius 2 is 1.91 bits per heavy atom. The second kappa shape index (κ2) is 15.4. The summed E-state index contributed by atoms with van der Waals surface area (Å²) in [6.07, 6.45) is 7.11. The monoisotopic (exact) mass is 598 g/mol. The highest BCUT2D eigenvalue weighted by Crippen LogP contribution is 2.26. The van der Waals surface area contributed by atoms with Gasteiger partial charge in [0, 0.05) is 50.6 Å². The van der Waals surface area contributed by atoms with Gasteiger partial charge in [-0.3, -0.25) is 9.69 Å². The summed E-state index contributed by atoms with van der Waals surface area (Å²) in [6, 6.07) is 15.4. The molecule has 0 unspecified atom stereocenters. The number of rotatable bonds is 10. The normalized spacial score (nSPS) is 18.1. The van der Waals surface area contributed by atoms with Crippen molar-refractivity contribution in [2.75, 3.05) is 46.1 Å². The van der Waals surface area contributed by atoms with Crippen LogP contribution in [-0.4, -0.2) is 79.3 Å². The van der Waals surface area contributed by atoms with Gasteiger partial charge in [0.25, 0.3) is 0 Å². The Morgan fingerprint density at radius 1 is 1.20 bits per heavy atom. The van der Waals surface area contributed by atoms with Crippen molar-refractivity contribution >= 4 is 23.5 Å². The number of hydrogen-bond donors (Lipinski definition) is 3. The number of aliphatic imine (C=N–C) groups is 2. The summed E-state index contributed by atoms with van der Waals surface area (Å²) in [5, 5.41) is 6.43. The summed E-state index contributed by atoms with van der Waals surface area (Å²) in [6.45, 7) is 11.2. The number of carbonyl (C=O) groups is 1. The summed E-state index contributed by atoms with van der Waals surface area (Å²) in [4.78, 5) is 28.4. The molecular formula is C34H46N8O2. The molecule has 44 heavy (non-hydrogen) atoms. The summed E-state index contributed by atoms with van der Waals surface area (Å²) >= 11 is 0. The first-order valence-corrected chi connectivity index (χ1v) is 15.1. The fourth-order valence-corrected chi connectivity index (χ4v) is 4.96. The van der Waals surface area contributed by atoms with Gasteiger partial charge in [-0.1, -0.05) is 50.8 Å². The van der Waals surface area contributed by atoms with E-state index in [1.165, 1.54) is 6.08 Å². The number of allylic oxidation sites excluding steroid dienone is 2. The minimum Gasteiger partial charge on any atom is -0.457 e. The van der Waals surface area contributed by atoms with E-state index in [1.807, 2.05) is 85.6 Å². The molecule has 2 aliphatic rings. The summed E-state index contributed by atoms with van der Waals surface area (Å²) in [7, 11) is 5.88. The summed E-state index contributed by atoms with van der Waals surface area (Å²) in [5.41, 5.74) is 8.90. The van der Waals surface area contributed by atoms with Crippen LogP contribution in [0.25, 0.3) is 0 Å². The van der Waals surface area contributed by atoms with Crippen LogP contribution in [0.5, 0.6) is 11.5 Å². The number of benzene rings is 2.